The Morgan fingerprint density at radius 2 is 1.79 bits per heavy atom. The van der Waals surface area contributed by atoms with Crippen LogP contribution in [0.1, 0.15) is 34.9 Å². The molecular formula is C23H20N4O2. The molecule has 1 saturated heterocycles. The number of ether oxygens (including phenoxy) is 1. The highest BCUT2D eigenvalue weighted by atomic mass is 16.5. The highest BCUT2D eigenvalue weighted by Crippen LogP contribution is 2.51. The van der Waals surface area contributed by atoms with Gasteiger partial charge >= 0.3 is 0 Å². The lowest BCUT2D eigenvalue weighted by Crippen LogP contribution is -2.60. The van der Waals surface area contributed by atoms with Gasteiger partial charge < -0.3 is 10.1 Å². The van der Waals surface area contributed by atoms with Crippen LogP contribution in [0.2, 0.25) is 0 Å². The number of para-hydroxylation sites is 1. The predicted molar refractivity (Wildman–Crippen MR) is 108 cm³/mol. The SMILES string of the molecule is N#Cc1c(-c2ccc(Oc3ccccc3)cc2)nn(C2CC3(CNC3)C2)c1C=O. The summed E-state index contributed by atoms with van der Waals surface area (Å²) in [5.41, 5.74) is 2.42. The van der Waals surface area contributed by atoms with Crippen LogP contribution in [0.15, 0.2) is 54.6 Å². The molecule has 2 heterocycles. The molecule has 1 aliphatic carbocycles. The van der Waals surface area contributed by atoms with Crippen molar-refractivity contribution in [2.45, 2.75) is 18.9 Å². The Kier molecular flexibility index (Phi) is 4.18. The van der Waals surface area contributed by atoms with Crippen molar-refractivity contribution in [3.63, 3.8) is 0 Å². The molecular weight excluding hydrogens is 364 g/mol. The van der Waals surface area contributed by atoms with Gasteiger partial charge in [0.15, 0.2) is 6.29 Å². The van der Waals surface area contributed by atoms with Crippen LogP contribution < -0.4 is 10.1 Å². The number of benzene rings is 2. The second-order valence-corrected chi connectivity index (χ2v) is 7.89. The van der Waals surface area contributed by atoms with Gasteiger partial charge in [-0.2, -0.15) is 10.4 Å². The van der Waals surface area contributed by atoms with Crippen LogP contribution in [0.3, 0.4) is 0 Å². The molecule has 1 aromatic heterocycles. The fourth-order valence-corrected chi connectivity index (χ4v) is 4.34. The molecule has 1 spiro atoms. The average Bonchev–Trinajstić information content (AvgIpc) is 3.05. The Hall–Kier alpha value is -3.43. The van der Waals surface area contributed by atoms with Crippen LogP contribution in [0, 0.1) is 16.7 Å². The summed E-state index contributed by atoms with van der Waals surface area (Å²) in [7, 11) is 0. The number of hydrogen-bond acceptors (Lipinski definition) is 5. The van der Waals surface area contributed by atoms with Gasteiger partial charge in [-0.3, -0.25) is 9.48 Å². The summed E-state index contributed by atoms with van der Waals surface area (Å²) >= 11 is 0. The van der Waals surface area contributed by atoms with E-state index in [-0.39, 0.29) is 6.04 Å². The minimum Gasteiger partial charge on any atom is -0.457 e. The molecule has 3 aromatic rings. The van der Waals surface area contributed by atoms with Crippen molar-refractivity contribution >= 4 is 6.29 Å². The number of nitrogens with zero attached hydrogens (tertiary/aromatic N) is 3. The summed E-state index contributed by atoms with van der Waals surface area (Å²) in [5, 5.41) is 17.7. The predicted octanol–water partition coefficient (Wildman–Crippen LogP) is 3.95. The van der Waals surface area contributed by atoms with E-state index in [2.05, 4.69) is 16.5 Å². The molecule has 1 saturated carbocycles. The summed E-state index contributed by atoms with van der Waals surface area (Å²) in [5.74, 6) is 1.46. The maximum atomic E-state index is 11.8. The van der Waals surface area contributed by atoms with E-state index in [1.165, 1.54) is 0 Å². The van der Waals surface area contributed by atoms with E-state index in [1.54, 1.807) is 4.68 Å². The van der Waals surface area contributed by atoms with Crippen molar-refractivity contribution in [2.24, 2.45) is 5.41 Å². The Morgan fingerprint density at radius 3 is 2.38 bits per heavy atom. The third-order valence-corrected chi connectivity index (χ3v) is 5.96. The minimum atomic E-state index is 0.179. The summed E-state index contributed by atoms with van der Waals surface area (Å²) in [6, 6.07) is 19.4. The van der Waals surface area contributed by atoms with E-state index < -0.39 is 0 Å². The van der Waals surface area contributed by atoms with Crippen LogP contribution in [0.5, 0.6) is 11.5 Å². The van der Waals surface area contributed by atoms with Gasteiger partial charge in [-0.1, -0.05) is 18.2 Å². The lowest BCUT2D eigenvalue weighted by Gasteiger charge is -2.54. The van der Waals surface area contributed by atoms with Crippen molar-refractivity contribution in [1.29, 1.82) is 5.26 Å². The van der Waals surface area contributed by atoms with Crippen LogP contribution >= 0.6 is 0 Å². The van der Waals surface area contributed by atoms with Crippen molar-refractivity contribution in [1.82, 2.24) is 15.1 Å². The molecule has 6 nitrogen and oxygen atoms in total. The van der Waals surface area contributed by atoms with Crippen molar-refractivity contribution in [3.05, 3.63) is 65.9 Å². The zero-order chi connectivity index (χ0) is 19.8. The molecule has 0 unspecified atom stereocenters. The Labute approximate surface area is 168 Å². The quantitative estimate of drug-likeness (QED) is 0.674. The molecule has 6 heteroatoms. The van der Waals surface area contributed by atoms with Crippen molar-refractivity contribution in [3.8, 4) is 28.8 Å². The third kappa shape index (κ3) is 3.00. The average molecular weight is 384 g/mol. The Morgan fingerprint density at radius 1 is 1.10 bits per heavy atom. The maximum absolute atomic E-state index is 11.8. The van der Waals surface area contributed by atoms with Crippen LogP contribution in [0.4, 0.5) is 0 Å². The number of rotatable bonds is 5. The molecule has 5 rings (SSSR count). The maximum Gasteiger partial charge on any atom is 0.169 e. The zero-order valence-corrected chi connectivity index (χ0v) is 15.8. The van der Waals surface area contributed by atoms with E-state index in [4.69, 9.17) is 4.74 Å². The van der Waals surface area contributed by atoms with E-state index in [1.807, 2.05) is 54.6 Å². The highest BCUT2D eigenvalue weighted by molar-refractivity contribution is 5.83. The number of nitriles is 1. The largest absolute Gasteiger partial charge is 0.457 e. The zero-order valence-electron chi connectivity index (χ0n) is 15.8. The van der Waals surface area contributed by atoms with Gasteiger partial charge in [0, 0.05) is 18.7 Å². The fourth-order valence-electron chi connectivity index (χ4n) is 4.34. The second kappa shape index (κ2) is 6.87. The molecule has 2 aliphatic rings. The standard InChI is InChI=1S/C23H20N4O2/c24-12-20-21(13-28)27(17-10-23(11-17)14-25-15-23)26-22(20)16-6-8-19(9-7-16)29-18-4-2-1-3-5-18/h1-9,13,17,25H,10-11,14-15H2. The Bertz CT molecular complexity index is 1080. The van der Waals surface area contributed by atoms with Gasteiger partial charge in [-0.05, 0) is 54.7 Å². The number of aromatic nitrogens is 2. The molecule has 29 heavy (non-hydrogen) atoms. The summed E-state index contributed by atoms with van der Waals surface area (Å²) in [4.78, 5) is 11.8. The molecule has 1 aliphatic heterocycles. The molecule has 0 atom stereocenters. The summed E-state index contributed by atoms with van der Waals surface area (Å²) in [6.45, 7) is 2.06. The van der Waals surface area contributed by atoms with Crippen molar-refractivity contribution < 1.29 is 9.53 Å². The van der Waals surface area contributed by atoms with E-state index in [0.29, 0.717) is 28.1 Å². The van der Waals surface area contributed by atoms with Gasteiger partial charge in [0.05, 0.1) is 6.04 Å². The third-order valence-electron chi connectivity index (χ3n) is 5.96. The molecule has 0 radical (unpaired) electrons. The first kappa shape index (κ1) is 17.7. The topological polar surface area (TPSA) is 79.9 Å². The highest BCUT2D eigenvalue weighted by Gasteiger charge is 2.50. The minimum absolute atomic E-state index is 0.179. The van der Waals surface area contributed by atoms with Gasteiger partial charge in [0.2, 0.25) is 0 Å². The van der Waals surface area contributed by atoms with E-state index >= 15 is 0 Å². The smallest absolute Gasteiger partial charge is 0.169 e. The molecule has 1 N–H and O–H groups in total. The van der Waals surface area contributed by atoms with E-state index in [0.717, 1.165) is 43.5 Å². The summed E-state index contributed by atoms with van der Waals surface area (Å²) < 4.78 is 7.59. The molecule has 2 aromatic carbocycles. The van der Waals surface area contributed by atoms with Gasteiger partial charge in [0.1, 0.15) is 34.5 Å². The van der Waals surface area contributed by atoms with Gasteiger partial charge in [0.25, 0.3) is 0 Å². The Balaban J connectivity index is 1.43. The van der Waals surface area contributed by atoms with Gasteiger partial charge in [-0.25, -0.2) is 0 Å². The lowest BCUT2D eigenvalue weighted by molar-refractivity contribution is 0.00172. The number of hydrogen-bond donors (Lipinski definition) is 1. The van der Waals surface area contributed by atoms with Crippen molar-refractivity contribution in [2.75, 3.05) is 13.1 Å². The van der Waals surface area contributed by atoms with E-state index in [9.17, 15) is 10.1 Å². The van der Waals surface area contributed by atoms with Crippen LogP contribution in [0.25, 0.3) is 11.3 Å². The first-order chi connectivity index (χ1) is 14.2. The lowest BCUT2D eigenvalue weighted by atomic mass is 9.61. The van der Waals surface area contributed by atoms with Crippen LogP contribution in [-0.4, -0.2) is 29.2 Å². The number of carbonyl (C=O) groups is 1. The molecule has 2 fully saturated rings. The number of carbonyl (C=O) groups excluding carboxylic acids is 1. The second-order valence-electron chi connectivity index (χ2n) is 7.89. The first-order valence-electron chi connectivity index (χ1n) is 9.73. The molecule has 0 bridgehead atoms. The number of aldehydes is 1. The molecule has 0 amide bonds. The monoisotopic (exact) mass is 384 g/mol. The first-order valence-corrected chi connectivity index (χ1v) is 9.73. The normalized spacial score (nSPS) is 17.2. The fraction of sp³-hybridized carbons (Fsp3) is 0.261. The molecule has 144 valence electrons. The number of nitrogens with one attached hydrogen (secondary N) is 1. The van der Waals surface area contributed by atoms with Crippen LogP contribution in [-0.2, 0) is 0 Å². The van der Waals surface area contributed by atoms with Gasteiger partial charge in [-0.15, -0.1) is 0 Å². The summed E-state index contributed by atoms with van der Waals surface area (Å²) in [6.07, 6.45) is 2.75.